The predicted octanol–water partition coefficient (Wildman–Crippen LogP) is 4.48. The molecule has 0 radical (unpaired) electrons. The van der Waals surface area contributed by atoms with Gasteiger partial charge in [0.2, 0.25) is 0 Å². The van der Waals surface area contributed by atoms with E-state index in [0.29, 0.717) is 37.4 Å². The number of likely N-dealkylation sites (tertiary alicyclic amines) is 1. The summed E-state index contributed by atoms with van der Waals surface area (Å²) in [6, 6.07) is 5.36. The van der Waals surface area contributed by atoms with Crippen molar-refractivity contribution in [3.63, 3.8) is 0 Å². The van der Waals surface area contributed by atoms with Crippen molar-refractivity contribution in [2.24, 2.45) is 0 Å². The molecule has 0 N–H and O–H groups in total. The third-order valence-corrected chi connectivity index (χ3v) is 4.46. The lowest BCUT2D eigenvalue weighted by Gasteiger charge is -2.31. The van der Waals surface area contributed by atoms with E-state index in [1.807, 2.05) is 0 Å². The molecule has 1 fully saturated rings. The molecule has 28 heavy (non-hydrogen) atoms. The molecule has 0 saturated carbocycles. The lowest BCUT2D eigenvalue weighted by Crippen LogP contribution is -2.38. The molecule has 1 saturated heterocycles. The molecule has 0 unspecified atom stereocenters. The van der Waals surface area contributed by atoms with E-state index in [4.69, 9.17) is 4.74 Å². The second-order valence-corrected chi connectivity index (χ2v) is 6.34. The topological polar surface area (TPSA) is 55.3 Å². The Morgan fingerprint density at radius 2 is 1.89 bits per heavy atom. The average Bonchev–Trinajstić information content (AvgIpc) is 2.68. The molecule has 3 heterocycles. The summed E-state index contributed by atoms with van der Waals surface area (Å²) < 4.78 is 56.6. The molecule has 0 aromatic carbocycles. The van der Waals surface area contributed by atoms with Gasteiger partial charge in [-0.25, -0.2) is 9.37 Å². The Bertz CT molecular complexity index is 860. The summed E-state index contributed by atoms with van der Waals surface area (Å²) in [6.45, 7) is 3.73. The first-order valence-corrected chi connectivity index (χ1v) is 8.55. The SMILES string of the molecule is C=C(F)C(=O)N1CCC(c2ncccc2Oc2ccc(C(F)(F)F)nc2)CC1. The number of hydrogen-bond donors (Lipinski definition) is 0. The minimum atomic E-state index is -4.52. The molecule has 1 amide bonds. The first-order chi connectivity index (χ1) is 13.3. The molecule has 2 aromatic heterocycles. The van der Waals surface area contributed by atoms with Crippen molar-refractivity contribution >= 4 is 5.91 Å². The molecule has 2 aromatic rings. The third-order valence-electron chi connectivity index (χ3n) is 4.46. The van der Waals surface area contributed by atoms with Crippen LogP contribution in [0.4, 0.5) is 17.6 Å². The van der Waals surface area contributed by atoms with Gasteiger partial charge in [0.25, 0.3) is 5.91 Å². The van der Waals surface area contributed by atoms with Crippen molar-refractivity contribution in [3.8, 4) is 11.5 Å². The van der Waals surface area contributed by atoms with Gasteiger partial charge >= 0.3 is 6.18 Å². The van der Waals surface area contributed by atoms with Gasteiger partial charge in [-0.2, -0.15) is 13.2 Å². The van der Waals surface area contributed by atoms with Crippen LogP contribution in [0.25, 0.3) is 0 Å². The summed E-state index contributed by atoms with van der Waals surface area (Å²) in [5.41, 5.74) is -0.369. The zero-order valence-electron chi connectivity index (χ0n) is 14.7. The van der Waals surface area contributed by atoms with Crippen LogP contribution in [0.2, 0.25) is 0 Å². The summed E-state index contributed by atoms with van der Waals surface area (Å²) in [6.07, 6.45) is -0.814. The zero-order chi connectivity index (χ0) is 20.3. The summed E-state index contributed by atoms with van der Waals surface area (Å²) in [5.74, 6) is -1.18. The zero-order valence-corrected chi connectivity index (χ0v) is 14.7. The maximum absolute atomic E-state index is 13.0. The number of carbonyl (C=O) groups excluding carboxylic acids is 1. The van der Waals surface area contributed by atoms with E-state index >= 15 is 0 Å². The van der Waals surface area contributed by atoms with E-state index in [9.17, 15) is 22.4 Å². The average molecular weight is 395 g/mol. The van der Waals surface area contributed by atoms with Crippen molar-refractivity contribution < 1.29 is 27.1 Å². The van der Waals surface area contributed by atoms with Gasteiger partial charge < -0.3 is 9.64 Å². The highest BCUT2D eigenvalue weighted by molar-refractivity contribution is 5.90. The number of aromatic nitrogens is 2. The molecule has 5 nitrogen and oxygen atoms in total. The number of carbonyl (C=O) groups is 1. The van der Waals surface area contributed by atoms with E-state index in [0.717, 1.165) is 12.3 Å². The summed E-state index contributed by atoms with van der Waals surface area (Å²) in [7, 11) is 0. The molecule has 0 atom stereocenters. The first-order valence-electron chi connectivity index (χ1n) is 8.55. The molecule has 0 bridgehead atoms. The van der Waals surface area contributed by atoms with E-state index in [-0.39, 0.29) is 11.7 Å². The van der Waals surface area contributed by atoms with Crippen LogP contribution in [-0.4, -0.2) is 33.9 Å². The van der Waals surface area contributed by atoms with Crippen LogP contribution in [0.1, 0.15) is 30.1 Å². The minimum Gasteiger partial charge on any atom is -0.454 e. The second-order valence-electron chi connectivity index (χ2n) is 6.34. The second kappa shape index (κ2) is 7.95. The van der Waals surface area contributed by atoms with Gasteiger partial charge in [0.05, 0.1) is 11.9 Å². The molecule has 0 aliphatic carbocycles. The van der Waals surface area contributed by atoms with Gasteiger partial charge in [-0.3, -0.25) is 9.78 Å². The van der Waals surface area contributed by atoms with Crippen LogP contribution in [0.15, 0.2) is 49.1 Å². The minimum absolute atomic E-state index is 0.0319. The molecule has 3 rings (SSSR count). The molecule has 9 heteroatoms. The smallest absolute Gasteiger partial charge is 0.433 e. The molecule has 0 spiro atoms. The van der Waals surface area contributed by atoms with Crippen molar-refractivity contribution in [2.45, 2.75) is 24.9 Å². The molecule has 148 valence electrons. The van der Waals surface area contributed by atoms with E-state index < -0.39 is 23.6 Å². The Hall–Kier alpha value is -2.97. The Kier molecular flexibility index (Phi) is 5.62. The summed E-state index contributed by atoms with van der Waals surface area (Å²) >= 11 is 0. The third kappa shape index (κ3) is 4.47. The fourth-order valence-electron chi connectivity index (χ4n) is 3.06. The van der Waals surface area contributed by atoms with Crippen LogP contribution in [0, 0.1) is 0 Å². The van der Waals surface area contributed by atoms with Crippen LogP contribution in [0.3, 0.4) is 0 Å². The standard InChI is InChI=1S/C19H17F4N3O2/c1-12(20)18(27)26-9-6-13(7-10-26)17-15(3-2-8-24-17)28-14-4-5-16(25-11-14)19(21,22)23/h2-5,8,11,13H,1,6-7,9-10H2. The lowest BCUT2D eigenvalue weighted by molar-refractivity contribution is -0.141. The van der Waals surface area contributed by atoms with Crippen LogP contribution in [-0.2, 0) is 11.0 Å². The van der Waals surface area contributed by atoms with Gasteiger partial charge in [-0.15, -0.1) is 0 Å². The highest BCUT2D eigenvalue weighted by Crippen LogP contribution is 2.35. The number of hydrogen-bond acceptors (Lipinski definition) is 4. The highest BCUT2D eigenvalue weighted by atomic mass is 19.4. The van der Waals surface area contributed by atoms with Crippen LogP contribution in [0.5, 0.6) is 11.5 Å². The van der Waals surface area contributed by atoms with Gasteiger partial charge in [-0.1, -0.05) is 6.58 Å². The lowest BCUT2D eigenvalue weighted by atomic mass is 9.92. The number of piperidine rings is 1. The van der Waals surface area contributed by atoms with Crippen LogP contribution >= 0.6 is 0 Å². The Balaban J connectivity index is 1.72. The number of halogens is 4. The maximum atomic E-state index is 13.0. The van der Waals surface area contributed by atoms with Crippen molar-refractivity contribution in [1.82, 2.24) is 14.9 Å². The number of alkyl halides is 3. The Morgan fingerprint density at radius 3 is 2.46 bits per heavy atom. The van der Waals surface area contributed by atoms with Crippen molar-refractivity contribution in [3.05, 3.63) is 60.5 Å². The number of nitrogens with zero attached hydrogens (tertiary/aromatic N) is 3. The fourth-order valence-corrected chi connectivity index (χ4v) is 3.06. The van der Waals surface area contributed by atoms with Gasteiger partial charge in [0.1, 0.15) is 17.2 Å². The molecular formula is C19H17F4N3O2. The van der Waals surface area contributed by atoms with E-state index in [2.05, 4.69) is 16.5 Å². The number of ether oxygens (including phenoxy) is 1. The summed E-state index contributed by atoms with van der Waals surface area (Å²) in [4.78, 5) is 20.8. The van der Waals surface area contributed by atoms with Gasteiger partial charge in [-0.05, 0) is 37.1 Å². The highest BCUT2D eigenvalue weighted by Gasteiger charge is 2.32. The Morgan fingerprint density at radius 1 is 1.18 bits per heavy atom. The van der Waals surface area contributed by atoms with Gasteiger partial charge in [0, 0.05) is 25.2 Å². The van der Waals surface area contributed by atoms with Gasteiger partial charge in [0.15, 0.2) is 5.83 Å². The van der Waals surface area contributed by atoms with E-state index in [1.54, 1.807) is 18.3 Å². The van der Waals surface area contributed by atoms with Crippen molar-refractivity contribution in [2.75, 3.05) is 13.1 Å². The fraction of sp³-hybridized carbons (Fsp3) is 0.316. The normalized spacial score (nSPS) is 15.4. The number of pyridine rings is 2. The predicted molar refractivity (Wildman–Crippen MR) is 92.4 cm³/mol. The summed E-state index contributed by atoms with van der Waals surface area (Å²) in [5, 5.41) is 0. The molecular weight excluding hydrogens is 378 g/mol. The quantitative estimate of drug-likeness (QED) is 0.566. The maximum Gasteiger partial charge on any atom is 0.433 e. The monoisotopic (exact) mass is 395 g/mol. The van der Waals surface area contributed by atoms with E-state index in [1.165, 1.54) is 11.0 Å². The Labute approximate surface area is 158 Å². The number of amides is 1. The first kappa shape index (κ1) is 19.8. The molecule has 1 aliphatic rings. The molecule has 1 aliphatic heterocycles. The van der Waals surface area contributed by atoms with Crippen molar-refractivity contribution in [1.29, 1.82) is 0 Å². The largest absolute Gasteiger partial charge is 0.454 e. The number of rotatable bonds is 4. The van der Waals surface area contributed by atoms with Crippen LogP contribution < -0.4 is 4.74 Å².